The summed E-state index contributed by atoms with van der Waals surface area (Å²) in [5, 5.41) is 3.09. The van der Waals surface area contributed by atoms with Gasteiger partial charge in [0.1, 0.15) is 0 Å². The molecule has 2 rings (SSSR count). The maximum atomic E-state index is 12.3. The highest BCUT2D eigenvalue weighted by atomic mass is 16.2. The molecule has 112 valence electrons. The molecule has 1 saturated heterocycles. The SMILES string of the molecule is CCCN1CCCC[C@H]1C(=O)NCCCn1ccnc1. The fourth-order valence-electron chi connectivity index (χ4n) is 2.85. The van der Waals surface area contributed by atoms with Gasteiger partial charge in [-0.1, -0.05) is 13.3 Å². The zero-order valence-electron chi connectivity index (χ0n) is 12.4. The van der Waals surface area contributed by atoms with Crippen LogP contribution in [-0.2, 0) is 11.3 Å². The number of carbonyl (C=O) groups is 1. The summed E-state index contributed by atoms with van der Waals surface area (Å²) in [4.78, 5) is 18.6. The molecule has 0 bridgehead atoms. The lowest BCUT2D eigenvalue weighted by Gasteiger charge is -2.34. The average Bonchev–Trinajstić information content (AvgIpc) is 2.97. The van der Waals surface area contributed by atoms with E-state index in [2.05, 4.69) is 22.1 Å². The van der Waals surface area contributed by atoms with Crippen molar-refractivity contribution in [3.63, 3.8) is 0 Å². The molecule has 5 heteroatoms. The summed E-state index contributed by atoms with van der Waals surface area (Å²) in [5.74, 6) is 0.212. The molecule has 0 spiro atoms. The molecule has 20 heavy (non-hydrogen) atoms. The lowest BCUT2D eigenvalue weighted by atomic mass is 10.0. The molecule has 1 atom stereocenters. The topological polar surface area (TPSA) is 50.2 Å². The Labute approximate surface area is 121 Å². The molecular weight excluding hydrogens is 252 g/mol. The lowest BCUT2D eigenvalue weighted by molar-refractivity contribution is -0.127. The van der Waals surface area contributed by atoms with Gasteiger partial charge in [0.15, 0.2) is 0 Å². The number of aromatic nitrogens is 2. The summed E-state index contributed by atoms with van der Waals surface area (Å²) in [5.41, 5.74) is 0. The molecule has 0 aliphatic carbocycles. The second-order valence-electron chi connectivity index (χ2n) is 5.49. The number of amides is 1. The minimum atomic E-state index is 0.0944. The number of rotatable bonds is 7. The molecule has 2 heterocycles. The second-order valence-corrected chi connectivity index (χ2v) is 5.49. The molecule has 5 nitrogen and oxygen atoms in total. The Morgan fingerprint density at radius 3 is 3.05 bits per heavy atom. The fourth-order valence-corrected chi connectivity index (χ4v) is 2.85. The third-order valence-electron chi connectivity index (χ3n) is 3.88. The number of carbonyl (C=O) groups excluding carboxylic acids is 1. The number of nitrogens with one attached hydrogen (secondary N) is 1. The monoisotopic (exact) mass is 278 g/mol. The molecule has 1 aromatic heterocycles. The smallest absolute Gasteiger partial charge is 0.237 e. The fraction of sp³-hybridized carbons (Fsp3) is 0.733. The first-order chi connectivity index (χ1) is 9.81. The third-order valence-corrected chi connectivity index (χ3v) is 3.88. The molecule has 1 fully saturated rings. The van der Waals surface area contributed by atoms with Gasteiger partial charge in [0.05, 0.1) is 12.4 Å². The summed E-state index contributed by atoms with van der Waals surface area (Å²) in [6.07, 6.45) is 11.0. The van der Waals surface area contributed by atoms with Crippen LogP contribution in [0, 0.1) is 0 Å². The molecule has 1 aliphatic rings. The highest BCUT2D eigenvalue weighted by Crippen LogP contribution is 2.17. The van der Waals surface area contributed by atoms with Gasteiger partial charge in [-0.25, -0.2) is 4.98 Å². The van der Waals surface area contributed by atoms with Crippen molar-refractivity contribution in [1.29, 1.82) is 0 Å². The van der Waals surface area contributed by atoms with Crippen LogP contribution in [0.5, 0.6) is 0 Å². The van der Waals surface area contributed by atoms with Crippen LogP contribution in [0.1, 0.15) is 39.0 Å². The van der Waals surface area contributed by atoms with Crippen LogP contribution >= 0.6 is 0 Å². The van der Waals surface area contributed by atoms with Crippen LogP contribution in [-0.4, -0.2) is 46.0 Å². The van der Waals surface area contributed by atoms with Crippen molar-refractivity contribution in [1.82, 2.24) is 19.8 Å². The Morgan fingerprint density at radius 1 is 1.40 bits per heavy atom. The van der Waals surface area contributed by atoms with Gasteiger partial charge >= 0.3 is 0 Å². The Kier molecular flexibility index (Phi) is 6.05. The minimum absolute atomic E-state index is 0.0944. The summed E-state index contributed by atoms with van der Waals surface area (Å²) >= 11 is 0. The van der Waals surface area contributed by atoms with Crippen molar-refractivity contribution in [2.45, 2.75) is 51.6 Å². The van der Waals surface area contributed by atoms with Crippen molar-refractivity contribution in [2.75, 3.05) is 19.6 Å². The summed E-state index contributed by atoms with van der Waals surface area (Å²) in [6.45, 7) is 5.93. The van der Waals surface area contributed by atoms with E-state index in [4.69, 9.17) is 0 Å². The highest BCUT2D eigenvalue weighted by Gasteiger charge is 2.27. The van der Waals surface area contributed by atoms with E-state index in [1.54, 1.807) is 6.20 Å². The van der Waals surface area contributed by atoms with Crippen molar-refractivity contribution in [3.8, 4) is 0 Å². The van der Waals surface area contributed by atoms with Crippen LogP contribution in [0.4, 0.5) is 0 Å². The van der Waals surface area contributed by atoms with Gasteiger partial charge in [0.2, 0.25) is 5.91 Å². The predicted octanol–water partition coefficient (Wildman–Crippen LogP) is 1.65. The molecule has 0 saturated carbocycles. The van der Waals surface area contributed by atoms with Crippen LogP contribution in [0.15, 0.2) is 18.7 Å². The Morgan fingerprint density at radius 2 is 2.30 bits per heavy atom. The zero-order chi connectivity index (χ0) is 14.2. The van der Waals surface area contributed by atoms with Crippen LogP contribution in [0.2, 0.25) is 0 Å². The van der Waals surface area contributed by atoms with Crippen molar-refractivity contribution >= 4 is 5.91 Å². The number of hydrogen-bond donors (Lipinski definition) is 1. The van der Waals surface area contributed by atoms with Gasteiger partial charge in [0.25, 0.3) is 0 Å². The summed E-state index contributed by atoms with van der Waals surface area (Å²) in [7, 11) is 0. The van der Waals surface area contributed by atoms with Crippen LogP contribution < -0.4 is 5.32 Å². The summed E-state index contributed by atoms with van der Waals surface area (Å²) < 4.78 is 2.04. The van der Waals surface area contributed by atoms with Crippen molar-refractivity contribution in [2.24, 2.45) is 0 Å². The molecule has 1 N–H and O–H groups in total. The van der Waals surface area contributed by atoms with Gasteiger partial charge < -0.3 is 9.88 Å². The minimum Gasteiger partial charge on any atom is -0.355 e. The molecular formula is C15H26N4O. The first-order valence-electron chi connectivity index (χ1n) is 7.78. The normalized spacial score (nSPS) is 19.9. The van der Waals surface area contributed by atoms with E-state index < -0.39 is 0 Å². The molecule has 0 aromatic carbocycles. The highest BCUT2D eigenvalue weighted by molar-refractivity contribution is 5.81. The molecule has 1 amide bonds. The van der Waals surface area contributed by atoms with Crippen LogP contribution in [0.3, 0.4) is 0 Å². The van der Waals surface area contributed by atoms with Gasteiger partial charge in [-0.15, -0.1) is 0 Å². The second kappa shape index (κ2) is 8.04. The first kappa shape index (κ1) is 15.0. The zero-order valence-corrected chi connectivity index (χ0v) is 12.4. The maximum absolute atomic E-state index is 12.3. The van der Waals surface area contributed by atoms with E-state index in [-0.39, 0.29) is 11.9 Å². The van der Waals surface area contributed by atoms with E-state index in [9.17, 15) is 4.79 Å². The first-order valence-corrected chi connectivity index (χ1v) is 7.78. The number of likely N-dealkylation sites (tertiary alicyclic amines) is 1. The van der Waals surface area contributed by atoms with Gasteiger partial charge in [-0.05, 0) is 38.8 Å². The largest absolute Gasteiger partial charge is 0.355 e. The third kappa shape index (κ3) is 4.34. The maximum Gasteiger partial charge on any atom is 0.237 e. The number of hydrogen-bond acceptors (Lipinski definition) is 3. The molecule has 0 unspecified atom stereocenters. The Bertz CT molecular complexity index is 389. The van der Waals surface area contributed by atoms with Crippen LogP contribution in [0.25, 0.3) is 0 Å². The van der Waals surface area contributed by atoms with Crippen molar-refractivity contribution < 1.29 is 4.79 Å². The molecule has 0 radical (unpaired) electrons. The Balaban J connectivity index is 1.69. The number of piperidine rings is 1. The van der Waals surface area contributed by atoms with Gasteiger partial charge in [0, 0.05) is 25.5 Å². The summed E-state index contributed by atoms with van der Waals surface area (Å²) in [6, 6.07) is 0.0944. The lowest BCUT2D eigenvalue weighted by Crippen LogP contribution is -2.49. The molecule has 1 aromatic rings. The number of nitrogens with zero attached hydrogens (tertiary/aromatic N) is 3. The Hall–Kier alpha value is -1.36. The van der Waals surface area contributed by atoms with E-state index in [1.807, 2.05) is 17.1 Å². The standard InChI is InChI=1S/C15H26N4O/c1-2-9-19-11-4-3-6-14(19)15(20)17-7-5-10-18-12-8-16-13-18/h8,12-14H,2-7,9-11H2,1H3,(H,17,20)/t14-/m0/s1. The number of aryl methyl sites for hydroxylation is 1. The van der Waals surface area contributed by atoms with E-state index >= 15 is 0 Å². The van der Waals surface area contributed by atoms with E-state index in [0.717, 1.165) is 45.4 Å². The van der Waals surface area contributed by atoms with Gasteiger partial charge in [-0.2, -0.15) is 0 Å². The van der Waals surface area contributed by atoms with E-state index in [1.165, 1.54) is 12.8 Å². The average molecular weight is 278 g/mol. The van der Waals surface area contributed by atoms with E-state index in [0.29, 0.717) is 0 Å². The quantitative estimate of drug-likeness (QED) is 0.772. The predicted molar refractivity (Wildman–Crippen MR) is 79.4 cm³/mol. The van der Waals surface area contributed by atoms with Crippen molar-refractivity contribution in [3.05, 3.63) is 18.7 Å². The van der Waals surface area contributed by atoms with Gasteiger partial charge in [-0.3, -0.25) is 9.69 Å². The number of imidazole rings is 1. The molecule has 1 aliphatic heterocycles.